The maximum absolute atomic E-state index is 11.5. The number of hydrogen-bond donors (Lipinski definition) is 2. The highest BCUT2D eigenvalue weighted by molar-refractivity contribution is 5.77. The van der Waals surface area contributed by atoms with Gasteiger partial charge in [0.15, 0.2) is 6.61 Å². The van der Waals surface area contributed by atoms with Gasteiger partial charge in [0.2, 0.25) is 0 Å². The van der Waals surface area contributed by atoms with Crippen molar-refractivity contribution < 1.29 is 19.4 Å². The maximum atomic E-state index is 11.5. The number of aliphatic carboxylic acids is 1. The molecule has 0 saturated heterocycles. The highest BCUT2D eigenvalue weighted by Crippen LogP contribution is 2.16. The Morgan fingerprint density at radius 1 is 1.45 bits per heavy atom. The Morgan fingerprint density at radius 2 is 2.15 bits per heavy atom. The summed E-state index contributed by atoms with van der Waals surface area (Å²) < 4.78 is 5.24. The Kier molecular flexibility index (Phi) is 6.04. The van der Waals surface area contributed by atoms with Gasteiger partial charge in [-0.3, -0.25) is 9.59 Å². The van der Waals surface area contributed by atoms with Crippen molar-refractivity contribution in [1.29, 1.82) is 5.26 Å². The van der Waals surface area contributed by atoms with Crippen LogP contribution in [0.2, 0.25) is 0 Å². The number of hydrogen-bond acceptors (Lipinski definition) is 4. The fourth-order valence-corrected chi connectivity index (χ4v) is 1.43. The van der Waals surface area contributed by atoms with Crippen LogP contribution in [0.25, 0.3) is 0 Å². The van der Waals surface area contributed by atoms with Gasteiger partial charge in [-0.2, -0.15) is 5.26 Å². The lowest BCUT2D eigenvalue weighted by Crippen LogP contribution is -2.31. The molecule has 106 valence electrons. The minimum Gasteiger partial charge on any atom is -0.482 e. The van der Waals surface area contributed by atoms with Crippen LogP contribution in [-0.4, -0.2) is 30.1 Å². The first-order valence-corrected chi connectivity index (χ1v) is 6.16. The SMILES string of the molecule is CC(CCNC(=O)COc1ccccc1C#N)C(=O)O. The van der Waals surface area contributed by atoms with Gasteiger partial charge in [0.1, 0.15) is 11.8 Å². The first-order valence-electron chi connectivity index (χ1n) is 6.16. The molecule has 0 bridgehead atoms. The van der Waals surface area contributed by atoms with Crippen LogP contribution < -0.4 is 10.1 Å². The zero-order valence-corrected chi connectivity index (χ0v) is 11.1. The normalized spacial score (nSPS) is 11.2. The van der Waals surface area contributed by atoms with Crippen LogP contribution in [0.15, 0.2) is 24.3 Å². The molecule has 1 atom stereocenters. The summed E-state index contributed by atoms with van der Waals surface area (Å²) in [4.78, 5) is 22.1. The van der Waals surface area contributed by atoms with Crippen LogP contribution in [-0.2, 0) is 9.59 Å². The van der Waals surface area contributed by atoms with Gasteiger partial charge < -0.3 is 15.2 Å². The smallest absolute Gasteiger partial charge is 0.306 e. The predicted octanol–water partition coefficient (Wildman–Crippen LogP) is 1.16. The monoisotopic (exact) mass is 276 g/mol. The van der Waals surface area contributed by atoms with Crippen LogP contribution in [0.1, 0.15) is 18.9 Å². The van der Waals surface area contributed by atoms with Crippen molar-refractivity contribution in [1.82, 2.24) is 5.32 Å². The highest BCUT2D eigenvalue weighted by atomic mass is 16.5. The molecule has 0 fully saturated rings. The molecule has 6 heteroatoms. The lowest BCUT2D eigenvalue weighted by molar-refractivity contribution is -0.141. The molecule has 2 N–H and O–H groups in total. The van der Waals surface area contributed by atoms with Crippen molar-refractivity contribution in [3.8, 4) is 11.8 Å². The Morgan fingerprint density at radius 3 is 2.80 bits per heavy atom. The molecule has 0 radical (unpaired) electrons. The first kappa shape index (κ1) is 15.5. The summed E-state index contributed by atoms with van der Waals surface area (Å²) in [7, 11) is 0. The van der Waals surface area contributed by atoms with Crippen molar-refractivity contribution in [3.05, 3.63) is 29.8 Å². The number of carboxylic acid groups (broad SMARTS) is 1. The van der Waals surface area contributed by atoms with Crippen LogP contribution in [0.3, 0.4) is 0 Å². The average molecular weight is 276 g/mol. The van der Waals surface area contributed by atoms with E-state index in [0.29, 0.717) is 17.7 Å². The molecule has 0 heterocycles. The molecule has 1 rings (SSSR count). The third-order valence-electron chi connectivity index (χ3n) is 2.69. The van der Waals surface area contributed by atoms with E-state index in [1.807, 2.05) is 6.07 Å². The van der Waals surface area contributed by atoms with Crippen molar-refractivity contribution in [3.63, 3.8) is 0 Å². The maximum Gasteiger partial charge on any atom is 0.306 e. The zero-order valence-electron chi connectivity index (χ0n) is 11.1. The van der Waals surface area contributed by atoms with Crippen LogP contribution >= 0.6 is 0 Å². The Labute approximate surface area is 117 Å². The van der Waals surface area contributed by atoms with E-state index < -0.39 is 11.9 Å². The summed E-state index contributed by atoms with van der Waals surface area (Å²) in [6.45, 7) is 1.64. The largest absolute Gasteiger partial charge is 0.482 e. The quantitative estimate of drug-likeness (QED) is 0.778. The number of carbonyl (C=O) groups excluding carboxylic acids is 1. The van der Waals surface area contributed by atoms with E-state index in [9.17, 15) is 9.59 Å². The number of amides is 1. The summed E-state index contributed by atoms with van der Waals surface area (Å²) in [6, 6.07) is 8.59. The number of nitriles is 1. The average Bonchev–Trinajstić information content (AvgIpc) is 2.45. The van der Waals surface area contributed by atoms with Gasteiger partial charge in [0.25, 0.3) is 5.91 Å². The van der Waals surface area contributed by atoms with E-state index in [1.165, 1.54) is 0 Å². The molecule has 1 unspecified atom stereocenters. The van der Waals surface area contributed by atoms with Crippen LogP contribution in [0, 0.1) is 17.2 Å². The molecular formula is C14H16N2O4. The summed E-state index contributed by atoms with van der Waals surface area (Å²) >= 11 is 0. The second-order valence-electron chi connectivity index (χ2n) is 4.27. The van der Waals surface area contributed by atoms with E-state index >= 15 is 0 Å². The van der Waals surface area contributed by atoms with Gasteiger partial charge in [-0.1, -0.05) is 19.1 Å². The number of benzene rings is 1. The Hall–Kier alpha value is -2.55. The lowest BCUT2D eigenvalue weighted by Gasteiger charge is -2.09. The van der Waals surface area contributed by atoms with E-state index in [0.717, 1.165) is 0 Å². The topological polar surface area (TPSA) is 99.4 Å². The molecule has 1 amide bonds. The number of carboxylic acids is 1. The first-order chi connectivity index (χ1) is 9.54. The van der Waals surface area contributed by atoms with Gasteiger partial charge in [0.05, 0.1) is 11.5 Å². The van der Waals surface area contributed by atoms with Gasteiger partial charge >= 0.3 is 5.97 Å². The summed E-state index contributed by atoms with van der Waals surface area (Å²) in [5, 5.41) is 20.1. The van der Waals surface area contributed by atoms with Crippen LogP contribution in [0.5, 0.6) is 5.75 Å². The molecular weight excluding hydrogens is 260 g/mol. The lowest BCUT2D eigenvalue weighted by atomic mass is 10.1. The molecule has 0 saturated carbocycles. The van der Waals surface area contributed by atoms with Gasteiger partial charge in [-0.15, -0.1) is 0 Å². The van der Waals surface area contributed by atoms with Crippen molar-refractivity contribution in [2.75, 3.05) is 13.2 Å². The Balaban J connectivity index is 2.33. The second-order valence-corrected chi connectivity index (χ2v) is 4.27. The number of ether oxygens (including phenoxy) is 1. The Bertz CT molecular complexity index is 522. The standard InChI is InChI=1S/C14H16N2O4/c1-10(14(18)19)6-7-16-13(17)9-20-12-5-3-2-4-11(12)8-15/h2-5,10H,6-7,9H2,1H3,(H,16,17)(H,18,19). The van der Waals surface area contributed by atoms with Crippen LogP contribution in [0.4, 0.5) is 0 Å². The van der Waals surface area contributed by atoms with Gasteiger partial charge in [-0.05, 0) is 18.6 Å². The van der Waals surface area contributed by atoms with E-state index in [1.54, 1.807) is 31.2 Å². The van der Waals surface area contributed by atoms with E-state index in [-0.39, 0.29) is 19.1 Å². The summed E-state index contributed by atoms with van der Waals surface area (Å²) in [5.41, 5.74) is 0.361. The highest BCUT2D eigenvalue weighted by Gasteiger charge is 2.11. The fourth-order valence-electron chi connectivity index (χ4n) is 1.43. The number of nitrogens with zero attached hydrogens (tertiary/aromatic N) is 1. The molecule has 1 aromatic rings. The zero-order chi connectivity index (χ0) is 15.0. The van der Waals surface area contributed by atoms with Crippen molar-refractivity contribution >= 4 is 11.9 Å². The number of para-hydroxylation sites is 1. The molecule has 0 aliphatic heterocycles. The minimum atomic E-state index is -0.890. The van der Waals surface area contributed by atoms with Crippen molar-refractivity contribution in [2.45, 2.75) is 13.3 Å². The molecule has 0 aliphatic carbocycles. The summed E-state index contributed by atoms with van der Waals surface area (Å²) in [5.74, 6) is -1.40. The van der Waals surface area contributed by atoms with E-state index in [4.69, 9.17) is 15.1 Å². The van der Waals surface area contributed by atoms with Gasteiger partial charge in [-0.25, -0.2) is 0 Å². The fraction of sp³-hybridized carbons (Fsp3) is 0.357. The minimum absolute atomic E-state index is 0.208. The van der Waals surface area contributed by atoms with E-state index in [2.05, 4.69) is 5.32 Å². The molecule has 6 nitrogen and oxygen atoms in total. The summed E-state index contributed by atoms with van der Waals surface area (Å²) in [6.07, 6.45) is 0.357. The molecule has 0 aliphatic rings. The predicted molar refractivity (Wildman–Crippen MR) is 71.1 cm³/mol. The second kappa shape index (κ2) is 7.79. The molecule has 0 spiro atoms. The number of nitrogens with one attached hydrogen (secondary N) is 1. The molecule has 1 aromatic carbocycles. The third-order valence-corrected chi connectivity index (χ3v) is 2.69. The molecule has 0 aromatic heterocycles. The van der Waals surface area contributed by atoms with Crippen molar-refractivity contribution in [2.24, 2.45) is 5.92 Å². The third kappa shape index (κ3) is 4.98. The number of rotatable bonds is 7. The molecule has 20 heavy (non-hydrogen) atoms. The number of carbonyl (C=O) groups is 2. The van der Waals surface area contributed by atoms with Gasteiger partial charge in [0, 0.05) is 6.54 Å².